The smallest absolute Gasteiger partial charge is 0.251 e. The summed E-state index contributed by atoms with van der Waals surface area (Å²) in [4.78, 5) is 34.6. The Morgan fingerprint density at radius 2 is 1.76 bits per heavy atom. The minimum absolute atomic E-state index is 0.0795. The van der Waals surface area contributed by atoms with Crippen molar-refractivity contribution in [2.75, 3.05) is 4.90 Å². The summed E-state index contributed by atoms with van der Waals surface area (Å²) in [6, 6.07) is 15.8. The Balaban J connectivity index is 1.50. The average Bonchev–Trinajstić information content (AvgIpc) is 3.61. The number of pyridine rings is 1. The summed E-state index contributed by atoms with van der Waals surface area (Å²) >= 11 is 0. The standard InChI is InChI=1S/C28H28FN7O2/c1-19-6-2-5-9-24(19)36(25(37)18-35-33-27(32-34-35)21-10-12-22(29)13-11-21)26(20-14-16-30-17-15-20)28(38)31-23-7-3-4-8-23/h2,5-6,9-17,23,26H,3-4,7-8,18H2,1H3,(H,31,38). The number of aromatic nitrogens is 5. The highest BCUT2D eigenvalue weighted by molar-refractivity contribution is 6.01. The molecule has 194 valence electrons. The first-order valence-corrected chi connectivity index (χ1v) is 12.6. The molecule has 9 nitrogen and oxygen atoms in total. The Kier molecular flexibility index (Phi) is 7.48. The topological polar surface area (TPSA) is 106 Å². The summed E-state index contributed by atoms with van der Waals surface area (Å²) in [5, 5.41) is 15.5. The molecule has 0 aliphatic heterocycles. The van der Waals surface area contributed by atoms with Crippen LogP contribution in [0, 0.1) is 12.7 Å². The van der Waals surface area contributed by atoms with E-state index in [0.717, 1.165) is 31.2 Å². The van der Waals surface area contributed by atoms with Crippen molar-refractivity contribution in [3.63, 3.8) is 0 Å². The quantitative estimate of drug-likeness (QED) is 0.382. The van der Waals surface area contributed by atoms with Gasteiger partial charge in [-0.1, -0.05) is 31.0 Å². The summed E-state index contributed by atoms with van der Waals surface area (Å²) in [6.45, 7) is 1.65. The van der Waals surface area contributed by atoms with Gasteiger partial charge >= 0.3 is 0 Å². The van der Waals surface area contributed by atoms with E-state index in [-0.39, 0.29) is 36.0 Å². The fraction of sp³-hybridized carbons (Fsp3) is 0.286. The number of carbonyl (C=O) groups is 2. The second kappa shape index (κ2) is 11.3. The van der Waals surface area contributed by atoms with Crippen LogP contribution in [0.15, 0.2) is 73.1 Å². The summed E-state index contributed by atoms with van der Waals surface area (Å²) in [5.74, 6) is -0.739. The molecule has 0 radical (unpaired) electrons. The van der Waals surface area contributed by atoms with Crippen LogP contribution in [0.4, 0.5) is 10.1 Å². The first-order chi connectivity index (χ1) is 18.5. The lowest BCUT2D eigenvalue weighted by Gasteiger charge is -2.33. The number of para-hydroxylation sites is 1. The van der Waals surface area contributed by atoms with E-state index in [1.165, 1.54) is 21.8 Å². The van der Waals surface area contributed by atoms with Crippen molar-refractivity contribution in [2.24, 2.45) is 0 Å². The first kappa shape index (κ1) is 25.2. The van der Waals surface area contributed by atoms with Gasteiger partial charge in [0.25, 0.3) is 5.91 Å². The average molecular weight is 514 g/mol. The van der Waals surface area contributed by atoms with Crippen molar-refractivity contribution in [3.05, 3.63) is 90.0 Å². The molecule has 1 saturated carbocycles. The van der Waals surface area contributed by atoms with E-state index in [9.17, 15) is 14.0 Å². The second-order valence-corrected chi connectivity index (χ2v) is 9.37. The molecule has 0 bridgehead atoms. The van der Waals surface area contributed by atoms with E-state index in [4.69, 9.17) is 0 Å². The number of carbonyl (C=O) groups excluding carboxylic acids is 2. The van der Waals surface area contributed by atoms with Crippen LogP contribution in [0.25, 0.3) is 11.4 Å². The third kappa shape index (κ3) is 5.59. The summed E-state index contributed by atoms with van der Waals surface area (Å²) < 4.78 is 13.3. The maximum Gasteiger partial charge on any atom is 0.251 e. The molecule has 4 aromatic rings. The van der Waals surface area contributed by atoms with Gasteiger partial charge in [-0.15, -0.1) is 10.2 Å². The molecular weight excluding hydrogens is 485 g/mol. The maximum atomic E-state index is 14.0. The van der Waals surface area contributed by atoms with Gasteiger partial charge < -0.3 is 5.32 Å². The van der Waals surface area contributed by atoms with E-state index in [2.05, 4.69) is 25.7 Å². The van der Waals surface area contributed by atoms with Gasteiger partial charge in [0, 0.05) is 29.7 Å². The monoisotopic (exact) mass is 513 g/mol. The number of amides is 2. The Bertz CT molecular complexity index is 1400. The minimum Gasteiger partial charge on any atom is -0.351 e. The van der Waals surface area contributed by atoms with Crippen molar-refractivity contribution in [1.29, 1.82) is 0 Å². The lowest BCUT2D eigenvalue weighted by molar-refractivity contribution is -0.127. The SMILES string of the molecule is Cc1ccccc1N(C(=O)Cn1nnc(-c2ccc(F)cc2)n1)C(C(=O)NC1CCCC1)c1ccncc1. The van der Waals surface area contributed by atoms with Gasteiger partial charge in [-0.25, -0.2) is 4.39 Å². The molecule has 10 heteroatoms. The number of nitrogens with zero attached hydrogens (tertiary/aromatic N) is 6. The van der Waals surface area contributed by atoms with Crippen LogP contribution in [0.5, 0.6) is 0 Å². The van der Waals surface area contributed by atoms with Crippen LogP contribution in [-0.4, -0.2) is 43.0 Å². The second-order valence-electron chi connectivity index (χ2n) is 9.37. The Labute approximate surface area is 219 Å². The zero-order chi connectivity index (χ0) is 26.5. The molecular formula is C28H28FN7O2. The number of hydrogen-bond acceptors (Lipinski definition) is 6. The summed E-state index contributed by atoms with van der Waals surface area (Å²) in [7, 11) is 0. The van der Waals surface area contributed by atoms with Crippen molar-refractivity contribution >= 4 is 17.5 Å². The molecule has 1 fully saturated rings. The van der Waals surface area contributed by atoms with Gasteiger partial charge in [-0.05, 0) is 78.6 Å². The molecule has 2 amide bonds. The molecule has 2 heterocycles. The van der Waals surface area contributed by atoms with Crippen LogP contribution in [-0.2, 0) is 16.1 Å². The molecule has 2 aromatic heterocycles. The molecule has 1 atom stereocenters. The molecule has 1 aliphatic rings. The highest BCUT2D eigenvalue weighted by Gasteiger charge is 2.35. The molecule has 1 N–H and O–H groups in total. The zero-order valence-corrected chi connectivity index (χ0v) is 21.0. The number of tetrazole rings is 1. The number of benzene rings is 2. The van der Waals surface area contributed by atoms with E-state index in [1.807, 2.05) is 31.2 Å². The number of hydrogen-bond donors (Lipinski definition) is 1. The third-order valence-corrected chi connectivity index (χ3v) is 6.71. The highest BCUT2D eigenvalue weighted by atomic mass is 19.1. The van der Waals surface area contributed by atoms with Crippen LogP contribution in [0.3, 0.4) is 0 Å². The number of anilines is 1. The van der Waals surface area contributed by atoms with E-state index in [1.54, 1.807) is 36.7 Å². The van der Waals surface area contributed by atoms with Crippen LogP contribution >= 0.6 is 0 Å². The van der Waals surface area contributed by atoms with Crippen LogP contribution in [0.1, 0.15) is 42.9 Å². The Morgan fingerprint density at radius 1 is 1.05 bits per heavy atom. The molecule has 38 heavy (non-hydrogen) atoms. The van der Waals surface area contributed by atoms with Gasteiger partial charge in [0.15, 0.2) is 0 Å². The molecule has 5 rings (SSSR count). The molecule has 1 aliphatic carbocycles. The fourth-order valence-corrected chi connectivity index (χ4v) is 4.79. The lowest BCUT2D eigenvalue weighted by atomic mass is 10.0. The largest absolute Gasteiger partial charge is 0.351 e. The fourth-order valence-electron chi connectivity index (χ4n) is 4.79. The van der Waals surface area contributed by atoms with Gasteiger partial charge in [-0.3, -0.25) is 19.5 Å². The number of aryl methyl sites for hydroxylation is 1. The Morgan fingerprint density at radius 3 is 2.47 bits per heavy atom. The normalized spacial score (nSPS) is 14.3. The minimum atomic E-state index is -0.924. The van der Waals surface area contributed by atoms with Gasteiger partial charge in [0.05, 0.1) is 0 Å². The molecule has 0 saturated heterocycles. The molecule has 0 spiro atoms. The van der Waals surface area contributed by atoms with Crippen LogP contribution in [0.2, 0.25) is 0 Å². The molecule has 2 aromatic carbocycles. The first-order valence-electron chi connectivity index (χ1n) is 12.6. The lowest BCUT2D eigenvalue weighted by Crippen LogP contribution is -2.47. The van der Waals surface area contributed by atoms with Gasteiger partial charge in [0.1, 0.15) is 18.4 Å². The van der Waals surface area contributed by atoms with Crippen LogP contribution < -0.4 is 10.2 Å². The van der Waals surface area contributed by atoms with Crippen molar-refractivity contribution in [3.8, 4) is 11.4 Å². The predicted octanol–water partition coefficient (Wildman–Crippen LogP) is 4.02. The van der Waals surface area contributed by atoms with Crippen molar-refractivity contribution < 1.29 is 14.0 Å². The van der Waals surface area contributed by atoms with Gasteiger partial charge in [0.2, 0.25) is 11.7 Å². The number of halogens is 1. The third-order valence-electron chi connectivity index (χ3n) is 6.71. The summed E-state index contributed by atoms with van der Waals surface area (Å²) in [6.07, 6.45) is 7.20. The summed E-state index contributed by atoms with van der Waals surface area (Å²) in [5.41, 5.74) is 2.67. The maximum absolute atomic E-state index is 14.0. The number of rotatable bonds is 8. The van der Waals surface area contributed by atoms with Gasteiger partial charge in [-0.2, -0.15) is 4.80 Å². The molecule has 1 unspecified atom stereocenters. The van der Waals surface area contributed by atoms with E-state index >= 15 is 0 Å². The van der Waals surface area contributed by atoms with Crippen molar-refractivity contribution in [1.82, 2.24) is 30.5 Å². The number of nitrogens with one attached hydrogen (secondary N) is 1. The van der Waals surface area contributed by atoms with E-state index < -0.39 is 6.04 Å². The van der Waals surface area contributed by atoms with E-state index in [0.29, 0.717) is 16.8 Å². The zero-order valence-electron chi connectivity index (χ0n) is 21.0. The predicted molar refractivity (Wildman–Crippen MR) is 139 cm³/mol. The Hall–Kier alpha value is -4.47. The highest BCUT2D eigenvalue weighted by Crippen LogP contribution is 2.31. The van der Waals surface area contributed by atoms with Crippen molar-refractivity contribution in [2.45, 2.75) is 51.2 Å².